The van der Waals surface area contributed by atoms with Gasteiger partial charge in [0, 0.05) is 18.7 Å². The summed E-state index contributed by atoms with van der Waals surface area (Å²) in [6.45, 7) is 1.81. The highest BCUT2D eigenvalue weighted by Crippen LogP contribution is 2.38. The van der Waals surface area contributed by atoms with Crippen LogP contribution in [0.15, 0.2) is 47.5 Å². The van der Waals surface area contributed by atoms with Gasteiger partial charge in [-0.25, -0.2) is 0 Å². The molecule has 2 aromatic carbocycles. The number of aliphatic imine (C=N–C) groups is 1. The minimum atomic E-state index is -0.478. The van der Waals surface area contributed by atoms with Crippen LogP contribution >= 0.6 is 0 Å². The second-order valence-electron chi connectivity index (χ2n) is 5.97. The molecule has 136 valence electrons. The summed E-state index contributed by atoms with van der Waals surface area (Å²) in [7, 11) is 1.60. The maximum absolute atomic E-state index is 12.2. The van der Waals surface area contributed by atoms with Crippen molar-refractivity contribution in [2.75, 3.05) is 25.1 Å². The minimum Gasteiger partial charge on any atom is -0.493 e. The van der Waals surface area contributed by atoms with Crippen molar-refractivity contribution in [2.24, 2.45) is 16.5 Å². The lowest BCUT2D eigenvalue weighted by molar-refractivity contribution is 0.100. The number of ether oxygens (including phenoxy) is 2. The SMILES string of the molecule is COc1ccccc1Oc1ccc(C(=O)N=C(N)N)cc1N1CCCC1. The molecule has 2 aromatic rings. The summed E-state index contributed by atoms with van der Waals surface area (Å²) >= 11 is 0. The Morgan fingerprint density at radius 1 is 1.04 bits per heavy atom. The first kappa shape index (κ1) is 17.6. The Hall–Kier alpha value is -3.22. The first-order valence-electron chi connectivity index (χ1n) is 8.42. The molecule has 3 rings (SSSR count). The predicted octanol–water partition coefficient (Wildman–Crippen LogP) is 2.50. The Morgan fingerprint density at radius 3 is 2.38 bits per heavy atom. The van der Waals surface area contributed by atoms with Gasteiger partial charge in [0.05, 0.1) is 12.8 Å². The molecule has 1 saturated heterocycles. The van der Waals surface area contributed by atoms with Crippen LogP contribution in [0.2, 0.25) is 0 Å². The maximum Gasteiger partial charge on any atom is 0.280 e. The molecule has 0 spiro atoms. The molecule has 1 aliphatic heterocycles. The van der Waals surface area contributed by atoms with Crippen LogP contribution in [0.3, 0.4) is 0 Å². The van der Waals surface area contributed by atoms with E-state index in [1.807, 2.05) is 24.3 Å². The van der Waals surface area contributed by atoms with Crippen molar-refractivity contribution in [3.8, 4) is 17.2 Å². The fourth-order valence-electron chi connectivity index (χ4n) is 2.95. The van der Waals surface area contributed by atoms with Crippen LogP contribution in [-0.4, -0.2) is 32.1 Å². The fourth-order valence-corrected chi connectivity index (χ4v) is 2.95. The second-order valence-corrected chi connectivity index (χ2v) is 5.97. The van der Waals surface area contributed by atoms with E-state index in [1.54, 1.807) is 25.3 Å². The average molecular weight is 354 g/mol. The number of guanidine groups is 1. The van der Waals surface area contributed by atoms with Crippen LogP contribution in [0.5, 0.6) is 17.2 Å². The van der Waals surface area contributed by atoms with Crippen LogP contribution in [0.4, 0.5) is 5.69 Å². The molecule has 0 bridgehead atoms. The van der Waals surface area contributed by atoms with E-state index in [0.717, 1.165) is 31.6 Å². The monoisotopic (exact) mass is 354 g/mol. The Labute approximate surface area is 152 Å². The van der Waals surface area contributed by atoms with E-state index < -0.39 is 5.91 Å². The lowest BCUT2D eigenvalue weighted by atomic mass is 10.1. The quantitative estimate of drug-likeness (QED) is 0.632. The molecule has 1 amide bonds. The van der Waals surface area contributed by atoms with Crippen molar-refractivity contribution in [3.05, 3.63) is 48.0 Å². The number of anilines is 1. The Morgan fingerprint density at radius 2 is 1.73 bits per heavy atom. The molecule has 0 aliphatic carbocycles. The molecule has 0 unspecified atom stereocenters. The van der Waals surface area contributed by atoms with Gasteiger partial charge in [-0.15, -0.1) is 0 Å². The molecule has 0 aromatic heterocycles. The number of nitrogens with two attached hydrogens (primary N) is 2. The number of carbonyl (C=O) groups excluding carboxylic acids is 1. The summed E-state index contributed by atoms with van der Waals surface area (Å²) in [5, 5.41) is 0. The third-order valence-corrected chi connectivity index (χ3v) is 4.17. The highest BCUT2D eigenvalue weighted by atomic mass is 16.5. The van der Waals surface area contributed by atoms with Gasteiger partial charge in [0.15, 0.2) is 23.2 Å². The fraction of sp³-hybridized carbons (Fsp3) is 0.263. The van der Waals surface area contributed by atoms with Crippen LogP contribution in [-0.2, 0) is 0 Å². The molecule has 0 radical (unpaired) electrons. The summed E-state index contributed by atoms with van der Waals surface area (Å²) < 4.78 is 11.4. The number of benzene rings is 2. The third-order valence-electron chi connectivity index (χ3n) is 4.17. The average Bonchev–Trinajstić information content (AvgIpc) is 3.16. The van der Waals surface area contributed by atoms with Crippen molar-refractivity contribution in [1.82, 2.24) is 0 Å². The van der Waals surface area contributed by atoms with Crippen LogP contribution in [0.1, 0.15) is 23.2 Å². The molecule has 1 heterocycles. The Balaban J connectivity index is 1.98. The zero-order valence-corrected chi connectivity index (χ0v) is 14.6. The summed E-state index contributed by atoms with van der Waals surface area (Å²) in [5.41, 5.74) is 11.9. The smallest absolute Gasteiger partial charge is 0.280 e. The molecule has 26 heavy (non-hydrogen) atoms. The van der Waals surface area contributed by atoms with Gasteiger partial charge >= 0.3 is 0 Å². The van der Waals surface area contributed by atoms with Crippen molar-refractivity contribution in [3.63, 3.8) is 0 Å². The number of rotatable bonds is 5. The topological polar surface area (TPSA) is 103 Å². The largest absolute Gasteiger partial charge is 0.493 e. The number of methoxy groups -OCH3 is 1. The van der Waals surface area contributed by atoms with Crippen molar-refractivity contribution >= 4 is 17.6 Å². The highest BCUT2D eigenvalue weighted by molar-refractivity contribution is 6.02. The first-order chi connectivity index (χ1) is 12.6. The third kappa shape index (κ3) is 3.88. The zero-order valence-electron chi connectivity index (χ0n) is 14.6. The van der Waals surface area contributed by atoms with Gasteiger partial charge in [0.25, 0.3) is 5.91 Å². The van der Waals surface area contributed by atoms with Gasteiger partial charge in [0.2, 0.25) is 0 Å². The molecule has 1 fully saturated rings. The number of nitrogens with zero attached hydrogens (tertiary/aromatic N) is 2. The number of para-hydroxylation sites is 2. The predicted molar refractivity (Wildman–Crippen MR) is 101 cm³/mol. The van der Waals surface area contributed by atoms with E-state index >= 15 is 0 Å². The summed E-state index contributed by atoms with van der Waals surface area (Å²) in [6.07, 6.45) is 2.19. The van der Waals surface area contributed by atoms with Gasteiger partial charge in [-0.1, -0.05) is 12.1 Å². The van der Waals surface area contributed by atoms with Crippen molar-refractivity contribution in [1.29, 1.82) is 0 Å². The van der Waals surface area contributed by atoms with E-state index in [1.165, 1.54) is 0 Å². The van der Waals surface area contributed by atoms with Crippen molar-refractivity contribution in [2.45, 2.75) is 12.8 Å². The summed E-state index contributed by atoms with van der Waals surface area (Å²) in [4.78, 5) is 18.0. The van der Waals surface area contributed by atoms with E-state index in [2.05, 4.69) is 9.89 Å². The molecule has 0 saturated carbocycles. The molecular formula is C19H22N4O3. The lowest BCUT2D eigenvalue weighted by Crippen LogP contribution is -2.24. The van der Waals surface area contributed by atoms with Crippen LogP contribution in [0, 0.1) is 0 Å². The standard InChI is InChI=1S/C19H22N4O3/c1-25-16-6-2-3-7-17(16)26-15-9-8-13(18(24)22-19(20)21)12-14(15)23-10-4-5-11-23/h2-3,6-9,12H,4-5,10-11H2,1H3,(H4,20,21,22,24). The molecule has 7 nitrogen and oxygen atoms in total. The van der Waals surface area contributed by atoms with E-state index in [9.17, 15) is 4.79 Å². The Kier molecular flexibility index (Phi) is 5.26. The van der Waals surface area contributed by atoms with E-state index in [-0.39, 0.29) is 5.96 Å². The summed E-state index contributed by atoms with van der Waals surface area (Å²) in [5.74, 6) is 1.17. The molecule has 7 heteroatoms. The van der Waals surface area contributed by atoms with Gasteiger partial charge < -0.3 is 25.8 Å². The second kappa shape index (κ2) is 7.77. The van der Waals surface area contributed by atoms with Gasteiger partial charge in [-0.05, 0) is 43.2 Å². The van der Waals surface area contributed by atoms with Crippen LogP contribution in [0.25, 0.3) is 0 Å². The molecule has 4 N–H and O–H groups in total. The molecule has 1 aliphatic rings. The summed E-state index contributed by atoms with van der Waals surface area (Å²) in [6, 6.07) is 12.6. The van der Waals surface area contributed by atoms with Crippen molar-refractivity contribution < 1.29 is 14.3 Å². The van der Waals surface area contributed by atoms with Crippen LogP contribution < -0.4 is 25.8 Å². The minimum absolute atomic E-state index is 0.257. The molecule has 0 atom stereocenters. The van der Waals surface area contributed by atoms with E-state index in [4.69, 9.17) is 20.9 Å². The zero-order chi connectivity index (χ0) is 18.5. The molecular weight excluding hydrogens is 332 g/mol. The first-order valence-corrected chi connectivity index (χ1v) is 8.42. The lowest BCUT2D eigenvalue weighted by Gasteiger charge is -2.22. The van der Waals surface area contributed by atoms with E-state index in [0.29, 0.717) is 22.8 Å². The number of amides is 1. The Bertz CT molecular complexity index is 825. The van der Waals surface area contributed by atoms with Gasteiger partial charge in [-0.3, -0.25) is 4.79 Å². The number of hydrogen-bond donors (Lipinski definition) is 2. The van der Waals surface area contributed by atoms with Gasteiger partial charge in [-0.2, -0.15) is 4.99 Å². The normalized spacial score (nSPS) is 13.3. The van der Waals surface area contributed by atoms with Gasteiger partial charge in [0.1, 0.15) is 0 Å². The highest BCUT2D eigenvalue weighted by Gasteiger charge is 2.20. The maximum atomic E-state index is 12.2. The number of carbonyl (C=O) groups is 1. The number of hydrogen-bond acceptors (Lipinski definition) is 4.